The Morgan fingerprint density at radius 2 is 1.73 bits per heavy atom. The number of hydrogen-bond acceptors (Lipinski definition) is 3. The van der Waals surface area contributed by atoms with Gasteiger partial charge in [0.25, 0.3) is 0 Å². The average molecular weight is 293 g/mol. The van der Waals surface area contributed by atoms with Gasteiger partial charge in [0.2, 0.25) is 5.91 Å². The molecule has 2 aromatic heterocycles. The average Bonchev–Trinajstić information content (AvgIpc) is 3.25. The van der Waals surface area contributed by atoms with Gasteiger partial charge in [0.05, 0.1) is 12.5 Å². The van der Waals surface area contributed by atoms with Gasteiger partial charge in [0.15, 0.2) is 0 Å². The molecule has 2 heterocycles. The minimum atomic E-state index is -0.329. The number of carbonyl (C=O) groups is 1. The van der Waals surface area contributed by atoms with Crippen LogP contribution < -0.4 is 5.32 Å². The van der Waals surface area contributed by atoms with Crippen LogP contribution in [0.5, 0.6) is 0 Å². The van der Waals surface area contributed by atoms with Crippen LogP contribution in [-0.4, -0.2) is 5.91 Å². The Kier molecular flexibility index (Phi) is 4.20. The van der Waals surface area contributed by atoms with Crippen molar-refractivity contribution in [1.82, 2.24) is 5.32 Å². The van der Waals surface area contributed by atoms with Crippen LogP contribution in [0.15, 0.2) is 82.0 Å². The summed E-state index contributed by atoms with van der Waals surface area (Å²) in [5.74, 6) is 1.09. The molecule has 1 atom stereocenters. The fourth-order valence-corrected chi connectivity index (χ4v) is 2.15. The van der Waals surface area contributed by atoms with Crippen molar-refractivity contribution in [3.63, 3.8) is 0 Å². The van der Waals surface area contributed by atoms with Gasteiger partial charge >= 0.3 is 0 Å². The van der Waals surface area contributed by atoms with Crippen molar-refractivity contribution in [2.75, 3.05) is 0 Å². The first-order chi connectivity index (χ1) is 10.8. The minimum Gasteiger partial charge on any atom is -0.467 e. The summed E-state index contributed by atoms with van der Waals surface area (Å²) in [6.45, 7) is 0. The summed E-state index contributed by atoms with van der Waals surface area (Å²) in [6.07, 6.45) is 6.22. The van der Waals surface area contributed by atoms with Crippen molar-refractivity contribution in [1.29, 1.82) is 0 Å². The number of furan rings is 2. The number of hydrogen-bond donors (Lipinski definition) is 1. The maximum atomic E-state index is 12.1. The van der Waals surface area contributed by atoms with Gasteiger partial charge in [-0.1, -0.05) is 30.3 Å². The SMILES string of the molecule is O=C(/C=C/c1ccco1)N[C@@H](c1ccccc1)c1ccco1. The molecular weight excluding hydrogens is 278 g/mol. The van der Waals surface area contributed by atoms with E-state index in [-0.39, 0.29) is 11.9 Å². The predicted octanol–water partition coefficient (Wildman–Crippen LogP) is 3.79. The molecule has 1 aromatic carbocycles. The summed E-state index contributed by atoms with van der Waals surface area (Å²) >= 11 is 0. The fourth-order valence-electron chi connectivity index (χ4n) is 2.15. The maximum absolute atomic E-state index is 12.1. The van der Waals surface area contributed by atoms with Gasteiger partial charge in [-0.2, -0.15) is 0 Å². The van der Waals surface area contributed by atoms with E-state index in [1.807, 2.05) is 36.4 Å². The maximum Gasteiger partial charge on any atom is 0.244 e. The topological polar surface area (TPSA) is 55.4 Å². The third kappa shape index (κ3) is 3.35. The Hall–Kier alpha value is -3.01. The fraction of sp³-hybridized carbons (Fsp3) is 0.0556. The summed E-state index contributed by atoms with van der Waals surface area (Å²) in [6, 6.07) is 16.5. The first-order valence-electron chi connectivity index (χ1n) is 6.93. The Balaban J connectivity index is 1.77. The minimum absolute atomic E-state index is 0.221. The van der Waals surface area contributed by atoms with E-state index < -0.39 is 0 Å². The summed E-state index contributed by atoms with van der Waals surface area (Å²) < 4.78 is 10.6. The Morgan fingerprint density at radius 1 is 0.955 bits per heavy atom. The molecule has 0 saturated carbocycles. The first-order valence-corrected chi connectivity index (χ1v) is 6.93. The molecule has 0 aliphatic rings. The molecule has 0 fully saturated rings. The molecule has 3 aromatic rings. The molecular formula is C18H15NO3. The van der Waals surface area contributed by atoms with Gasteiger partial charge in [-0.05, 0) is 35.9 Å². The van der Waals surface area contributed by atoms with E-state index in [0.29, 0.717) is 11.5 Å². The van der Waals surface area contributed by atoms with Crippen LogP contribution in [0, 0.1) is 0 Å². The number of nitrogens with one attached hydrogen (secondary N) is 1. The van der Waals surface area contributed by atoms with Crippen LogP contribution in [0.2, 0.25) is 0 Å². The molecule has 4 heteroatoms. The number of amides is 1. The van der Waals surface area contributed by atoms with E-state index in [4.69, 9.17) is 8.83 Å². The van der Waals surface area contributed by atoms with Crippen molar-refractivity contribution in [3.05, 3.63) is 90.3 Å². The second-order valence-electron chi connectivity index (χ2n) is 4.72. The molecule has 0 saturated heterocycles. The molecule has 0 aliphatic heterocycles. The number of benzene rings is 1. The zero-order valence-electron chi connectivity index (χ0n) is 11.8. The Labute approximate surface area is 128 Å². The second-order valence-corrected chi connectivity index (χ2v) is 4.72. The summed E-state index contributed by atoms with van der Waals surface area (Å²) in [4.78, 5) is 12.1. The van der Waals surface area contributed by atoms with Crippen molar-refractivity contribution in [2.45, 2.75) is 6.04 Å². The monoisotopic (exact) mass is 293 g/mol. The van der Waals surface area contributed by atoms with Crippen LogP contribution in [-0.2, 0) is 4.79 Å². The van der Waals surface area contributed by atoms with E-state index >= 15 is 0 Å². The van der Waals surface area contributed by atoms with Crippen LogP contribution in [0.3, 0.4) is 0 Å². The highest BCUT2D eigenvalue weighted by atomic mass is 16.3. The summed E-state index contributed by atoms with van der Waals surface area (Å²) in [5, 5.41) is 2.94. The lowest BCUT2D eigenvalue weighted by atomic mass is 10.0. The molecule has 1 amide bonds. The predicted molar refractivity (Wildman–Crippen MR) is 82.9 cm³/mol. The molecule has 0 aliphatic carbocycles. The largest absolute Gasteiger partial charge is 0.467 e. The lowest BCUT2D eigenvalue weighted by Crippen LogP contribution is -2.27. The van der Waals surface area contributed by atoms with Crippen molar-refractivity contribution in [2.24, 2.45) is 0 Å². The molecule has 0 bridgehead atoms. The van der Waals surface area contributed by atoms with Gasteiger partial charge in [-0.25, -0.2) is 0 Å². The molecule has 22 heavy (non-hydrogen) atoms. The number of rotatable bonds is 5. The van der Waals surface area contributed by atoms with Crippen molar-refractivity contribution < 1.29 is 13.6 Å². The van der Waals surface area contributed by atoms with Crippen molar-refractivity contribution >= 4 is 12.0 Å². The normalized spacial score (nSPS) is 12.4. The van der Waals surface area contributed by atoms with Gasteiger partial charge in [0, 0.05) is 6.08 Å². The molecule has 0 unspecified atom stereocenters. The highest BCUT2D eigenvalue weighted by Crippen LogP contribution is 2.22. The second kappa shape index (κ2) is 6.63. The molecule has 1 N–H and O–H groups in total. The quantitative estimate of drug-likeness (QED) is 0.728. The zero-order chi connectivity index (χ0) is 15.2. The first kappa shape index (κ1) is 13.9. The standard InChI is InChI=1S/C18H15NO3/c20-17(11-10-15-8-4-12-21-15)19-18(16-9-5-13-22-16)14-6-2-1-3-7-14/h1-13,18H,(H,19,20)/b11-10+/t18-/m0/s1. The molecule has 3 rings (SSSR count). The Morgan fingerprint density at radius 3 is 2.41 bits per heavy atom. The van der Waals surface area contributed by atoms with Crippen molar-refractivity contribution in [3.8, 4) is 0 Å². The van der Waals surface area contributed by atoms with E-state index in [1.54, 1.807) is 36.8 Å². The molecule has 0 spiro atoms. The van der Waals surface area contributed by atoms with E-state index in [0.717, 1.165) is 5.56 Å². The van der Waals surface area contributed by atoms with Crippen LogP contribution in [0.1, 0.15) is 23.1 Å². The highest BCUT2D eigenvalue weighted by Gasteiger charge is 2.18. The third-order valence-corrected chi connectivity index (χ3v) is 3.19. The van der Waals surface area contributed by atoms with Gasteiger partial charge < -0.3 is 14.2 Å². The van der Waals surface area contributed by atoms with E-state index in [9.17, 15) is 4.79 Å². The van der Waals surface area contributed by atoms with Gasteiger partial charge in [-0.3, -0.25) is 4.79 Å². The van der Waals surface area contributed by atoms with Crippen LogP contribution in [0.25, 0.3) is 6.08 Å². The smallest absolute Gasteiger partial charge is 0.244 e. The van der Waals surface area contributed by atoms with Gasteiger partial charge in [0.1, 0.15) is 17.6 Å². The molecule has 4 nitrogen and oxygen atoms in total. The van der Waals surface area contributed by atoms with E-state index in [1.165, 1.54) is 6.08 Å². The van der Waals surface area contributed by atoms with E-state index in [2.05, 4.69) is 5.32 Å². The summed E-state index contributed by atoms with van der Waals surface area (Å²) in [7, 11) is 0. The number of carbonyl (C=O) groups excluding carboxylic acids is 1. The Bertz CT molecular complexity index is 728. The molecule has 110 valence electrons. The van der Waals surface area contributed by atoms with Gasteiger partial charge in [-0.15, -0.1) is 0 Å². The molecule has 0 radical (unpaired) electrons. The highest BCUT2D eigenvalue weighted by molar-refractivity contribution is 5.91. The van der Waals surface area contributed by atoms with Crippen LogP contribution in [0.4, 0.5) is 0 Å². The summed E-state index contributed by atoms with van der Waals surface area (Å²) in [5.41, 5.74) is 0.956. The zero-order valence-corrected chi connectivity index (χ0v) is 11.8. The lowest BCUT2D eigenvalue weighted by molar-refractivity contribution is -0.117. The van der Waals surface area contributed by atoms with Crippen LogP contribution >= 0.6 is 0 Å². The lowest BCUT2D eigenvalue weighted by Gasteiger charge is -2.16. The third-order valence-electron chi connectivity index (χ3n) is 3.19.